The molecule has 2 heterocycles. The zero-order valence-electron chi connectivity index (χ0n) is 13.5. The third kappa shape index (κ3) is 2.24. The van der Waals surface area contributed by atoms with Crippen molar-refractivity contribution in [3.8, 4) is 6.07 Å². The molecular formula is C19H18N4O. The second-order valence-corrected chi connectivity index (χ2v) is 6.24. The summed E-state index contributed by atoms with van der Waals surface area (Å²) >= 11 is 0. The SMILES string of the molecule is Cc1ccc(C2N(c3cccc(C#N)c3)C(=O)N3CCCN23)cc1. The van der Waals surface area contributed by atoms with Crippen molar-refractivity contribution in [2.24, 2.45) is 0 Å². The third-order valence-corrected chi connectivity index (χ3v) is 4.65. The second kappa shape index (κ2) is 5.66. The number of anilines is 1. The minimum absolute atomic E-state index is 0.0202. The molecule has 2 aliphatic heterocycles. The molecule has 2 amide bonds. The second-order valence-electron chi connectivity index (χ2n) is 6.24. The number of nitriles is 1. The smallest absolute Gasteiger partial charge is 0.271 e. The van der Waals surface area contributed by atoms with Gasteiger partial charge in [0.05, 0.1) is 11.6 Å². The predicted molar refractivity (Wildman–Crippen MR) is 91.0 cm³/mol. The fourth-order valence-electron chi connectivity index (χ4n) is 3.49. The number of carbonyl (C=O) groups excluding carboxylic acids is 1. The summed E-state index contributed by atoms with van der Waals surface area (Å²) in [6.07, 6.45) is 0.828. The van der Waals surface area contributed by atoms with E-state index in [9.17, 15) is 10.1 Å². The Kier molecular flexibility index (Phi) is 3.47. The Morgan fingerprint density at radius 1 is 1.12 bits per heavy atom. The van der Waals surface area contributed by atoms with Gasteiger partial charge in [-0.2, -0.15) is 10.3 Å². The molecule has 0 aliphatic carbocycles. The van der Waals surface area contributed by atoms with E-state index in [1.54, 1.807) is 17.0 Å². The molecule has 1 atom stereocenters. The van der Waals surface area contributed by atoms with Crippen LogP contribution in [0, 0.1) is 18.3 Å². The van der Waals surface area contributed by atoms with Crippen molar-refractivity contribution in [2.45, 2.75) is 19.5 Å². The lowest BCUT2D eigenvalue weighted by Gasteiger charge is -2.28. The van der Waals surface area contributed by atoms with E-state index >= 15 is 0 Å². The number of amides is 2. The summed E-state index contributed by atoms with van der Waals surface area (Å²) in [6.45, 7) is 3.66. The minimum atomic E-state index is -0.158. The van der Waals surface area contributed by atoms with Crippen LogP contribution in [0.4, 0.5) is 10.5 Å². The standard InChI is InChI=1S/C19H18N4O/c1-14-6-8-16(9-7-14)18-21-10-3-11-22(21)19(24)23(18)17-5-2-4-15(12-17)13-20/h2,4-9,12,18H,3,10-11H2,1H3. The van der Waals surface area contributed by atoms with E-state index < -0.39 is 0 Å². The number of benzene rings is 2. The highest BCUT2D eigenvalue weighted by atomic mass is 16.2. The summed E-state index contributed by atoms with van der Waals surface area (Å²) in [6, 6.07) is 17.7. The van der Waals surface area contributed by atoms with E-state index in [2.05, 4.69) is 42.3 Å². The van der Waals surface area contributed by atoms with Gasteiger partial charge in [0.15, 0.2) is 0 Å². The van der Waals surface area contributed by atoms with Crippen molar-refractivity contribution in [1.82, 2.24) is 10.0 Å². The molecule has 2 aromatic carbocycles. The highest BCUT2D eigenvalue weighted by molar-refractivity contribution is 5.94. The predicted octanol–water partition coefficient (Wildman–Crippen LogP) is 3.43. The average Bonchev–Trinajstić information content (AvgIpc) is 3.18. The molecule has 5 heteroatoms. The van der Waals surface area contributed by atoms with Crippen LogP contribution in [0.1, 0.15) is 29.3 Å². The van der Waals surface area contributed by atoms with Crippen LogP contribution in [0.2, 0.25) is 0 Å². The molecule has 2 aromatic rings. The van der Waals surface area contributed by atoms with Gasteiger partial charge in [0.25, 0.3) is 0 Å². The number of fused-ring (bicyclic) bond motifs is 1. The lowest BCUT2D eigenvalue weighted by molar-refractivity contribution is 0.0728. The van der Waals surface area contributed by atoms with Gasteiger partial charge in [0, 0.05) is 18.8 Å². The van der Waals surface area contributed by atoms with Crippen LogP contribution in [-0.4, -0.2) is 29.1 Å². The monoisotopic (exact) mass is 318 g/mol. The van der Waals surface area contributed by atoms with Crippen molar-refractivity contribution < 1.29 is 4.79 Å². The summed E-state index contributed by atoms with van der Waals surface area (Å²) in [5.74, 6) is 0. The van der Waals surface area contributed by atoms with Gasteiger partial charge in [0.2, 0.25) is 0 Å². The van der Waals surface area contributed by atoms with Crippen LogP contribution in [0.3, 0.4) is 0 Å². The lowest BCUT2D eigenvalue weighted by Crippen LogP contribution is -2.32. The number of urea groups is 1. The number of hydrazine groups is 1. The van der Waals surface area contributed by atoms with Crippen LogP contribution >= 0.6 is 0 Å². The van der Waals surface area contributed by atoms with E-state index in [1.165, 1.54) is 5.56 Å². The number of hydrogen-bond acceptors (Lipinski definition) is 3. The summed E-state index contributed by atoms with van der Waals surface area (Å²) in [5.41, 5.74) is 3.60. The molecule has 0 bridgehead atoms. The molecule has 0 aromatic heterocycles. The highest BCUT2D eigenvalue weighted by Crippen LogP contribution is 2.40. The van der Waals surface area contributed by atoms with E-state index in [0.717, 1.165) is 30.8 Å². The van der Waals surface area contributed by atoms with Crippen LogP contribution < -0.4 is 4.90 Å². The van der Waals surface area contributed by atoms with Crippen molar-refractivity contribution in [2.75, 3.05) is 18.0 Å². The van der Waals surface area contributed by atoms with Crippen molar-refractivity contribution in [3.05, 3.63) is 65.2 Å². The molecule has 4 rings (SSSR count). The first-order chi connectivity index (χ1) is 11.7. The van der Waals surface area contributed by atoms with Crippen molar-refractivity contribution in [1.29, 1.82) is 5.26 Å². The Morgan fingerprint density at radius 2 is 1.92 bits per heavy atom. The maximum Gasteiger partial charge on any atom is 0.340 e. The quantitative estimate of drug-likeness (QED) is 0.852. The maximum atomic E-state index is 13.0. The average molecular weight is 318 g/mol. The molecule has 24 heavy (non-hydrogen) atoms. The zero-order chi connectivity index (χ0) is 16.7. The van der Waals surface area contributed by atoms with Gasteiger partial charge in [-0.05, 0) is 37.1 Å². The molecule has 2 aliphatic rings. The summed E-state index contributed by atoms with van der Waals surface area (Å²) in [5, 5.41) is 13.1. The summed E-state index contributed by atoms with van der Waals surface area (Å²) in [4.78, 5) is 14.8. The Balaban J connectivity index is 1.81. The Labute approximate surface area is 141 Å². The molecular weight excluding hydrogens is 300 g/mol. The topological polar surface area (TPSA) is 50.6 Å². The molecule has 1 unspecified atom stereocenters. The maximum absolute atomic E-state index is 13.0. The van der Waals surface area contributed by atoms with E-state index in [-0.39, 0.29) is 12.2 Å². The third-order valence-electron chi connectivity index (χ3n) is 4.65. The van der Waals surface area contributed by atoms with Crippen LogP contribution in [0.25, 0.3) is 0 Å². The Bertz CT molecular complexity index is 824. The van der Waals surface area contributed by atoms with Crippen LogP contribution in [0.5, 0.6) is 0 Å². The van der Waals surface area contributed by atoms with Gasteiger partial charge < -0.3 is 0 Å². The molecule has 2 fully saturated rings. The first kappa shape index (κ1) is 14.7. The molecule has 0 saturated carbocycles. The number of hydrogen-bond donors (Lipinski definition) is 0. The first-order valence-corrected chi connectivity index (χ1v) is 8.13. The van der Waals surface area contributed by atoms with Crippen molar-refractivity contribution in [3.63, 3.8) is 0 Å². The van der Waals surface area contributed by atoms with Gasteiger partial charge in [0.1, 0.15) is 6.17 Å². The number of aryl methyl sites for hydroxylation is 1. The van der Waals surface area contributed by atoms with Crippen LogP contribution in [0.15, 0.2) is 48.5 Å². The molecule has 2 saturated heterocycles. The Hall–Kier alpha value is -2.84. The largest absolute Gasteiger partial charge is 0.340 e. The van der Waals surface area contributed by atoms with Gasteiger partial charge >= 0.3 is 6.03 Å². The number of nitrogens with zero attached hydrogens (tertiary/aromatic N) is 4. The molecule has 0 N–H and O–H groups in total. The number of rotatable bonds is 2. The molecule has 0 radical (unpaired) electrons. The fraction of sp³-hybridized carbons (Fsp3) is 0.263. The zero-order valence-corrected chi connectivity index (χ0v) is 13.5. The van der Waals surface area contributed by atoms with Crippen LogP contribution in [-0.2, 0) is 0 Å². The Morgan fingerprint density at radius 3 is 2.67 bits per heavy atom. The fourth-order valence-corrected chi connectivity index (χ4v) is 3.49. The lowest BCUT2D eigenvalue weighted by atomic mass is 10.1. The van der Waals surface area contributed by atoms with E-state index in [1.807, 2.05) is 17.1 Å². The minimum Gasteiger partial charge on any atom is -0.271 e. The molecule has 0 spiro atoms. The first-order valence-electron chi connectivity index (χ1n) is 8.13. The summed E-state index contributed by atoms with van der Waals surface area (Å²) in [7, 11) is 0. The number of carbonyl (C=O) groups is 1. The molecule has 5 nitrogen and oxygen atoms in total. The van der Waals surface area contributed by atoms with Gasteiger partial charge in [-0.25, -0.2) is 4.79 Å². The van der Waals surface area contributed by atoms with Gasteiger partial charge in [-0.1, -0.05) is 35.9 Å². The normalized spacial score (nSPS) is 20.3. The van der Waals surface area contributed by atoms with E-state index in [4.69, 9.17) is 0 Å². The van der Waals surface area contributed by atoms with Crippen molar-refractivity contribution >= 4 is 11.7 Å². The van der Waals surface area contributed by atoms with E-state index in [0.29, 0.717) is 5.56 Å². The van der Waals surface area contributed by atoms with Gasteiger partial charge in [-0.3, -0.25) is 9.91 Å². The molecule has 120 valence electrons. The highest BCUT2D eigenvalue weighted by Gasteiger charge is 2.47. The van der Waals surface area contributed by atoms with Gasteiger partial charge in [-0.15, -0.1) is 0 Å². The summed E-state index contributed by atoms with van der Waals surface area (Å²) < 4.78 is 0.